The predicted molar refractivity (Wildman–Crippen MR) is 107 cm³/mol. The van der Waals surface area contributed by atoms with Crippen molar-refractivity contribution in [2.75, 3.05) is 13.2 Å². The smallest absolute Gasteiger partial charge is 0.279 e. The van der Waals surface area contributed by atoms with Crippen molar-refractivity contribution in [3.05, 3.63) is 63.4 Å². The third-order valence-corrected chi connectivity index (χ3v) is 5.52. The molecule has 0 bridgehead atoms. The van der Waals surface area contributed by atoms with Crippen LogP contribution in [0.25, 0.3) is 10.2 Å². The summed E-state index contributed by atoms with van der Waals surface area (Å²) >= 11 is 13.8. The summed E-state index contributed by atoms with van der Waals surface area (Å²) < 4.78 is 13.7. The molecule has 0 saturated heterocycles. The van der Waals surface area contributed by atoms with E-state index in [2.05, 4.69) is 11.6 Å². The van der Waals surface area contributed by atoms with Gasteiger partial charge in [-0.05, 0) is 30.3 Å². The largest absolute Gasteiger partial charge is 0.486 e. The minimum Gasteiger partial charge on any atom is -0.486 e. The monoisotopic (exact) mass is 420 g/mol. The maximum Gasteiger partial charge on any atom is 0.279 e. The van der Waals surface area contributed by atoms with Crippen molar-refractivity contribution < 1.29 is 14.3 Å². The maximum atomic E-state index is 12.7. The van der Waals surface area contributed by atoms with Crippen molar-refractivity contribution in [1.82, 2.24) is 4.57 Å². The van der Waals surface area contributed by atoms with Gasteiger partial charge in [0.1, 0.15) is 13.2 Å². The Balaban J connectivity index is 1.82. The molecule has 4 rings (SSSR count). The first-order chi connectivity index (χ1) is 13.1. The molecular formula is C19H14Cl2N2O3S. The normalized spacial score (nSPS) is 13.8. The Kier molecular flexibility index (Phi) is 4.95. The number of thiazole rings is 1. The standard InChI is InChI=1S/C19H14Cl2N2O3S/c1-2-5-23-17-13(21)9-12(20)10-16(17)27-19(23)22-18(24)11-3-4-14-15(8-11)26-7-6-25-14/h2-4,8-10H,1,5-7H2. The average Bonchev–Trinajstić information content (AvgIpc) is 2.98. The van der Waals surface area contributed by atoms with E-state index in [-0.39, 0.29) is 5.91 Å². The molecule has 0 aliphatic carbocycles. The Bertz CT molecular complexity index is 1130. The van der Waals surface area contributed by atoms with Crippen LogP contribution in [0.3, 0.4) is 0 Å². The second-order valence-electron chi connectivity index (χ2n) is 5.79. The minimum atomic E-state index is -0.376. The molecule has 5 nitrogen and oxygen atoms in total. The fourth-order valence-electron chi connectivity index (χ4n) is 2.84. The second-order valence-corrected chi connectivity index (χ2v) is 7.65. The van der Waals surface area contributed by atoms with Crippen LogP contribution in [0.4, 0.5) is 0 Å². The Hall–Kier alpha value is -2.28. The lowest BCUT2D eigenvalue weighted by Crippen LogP contribution is -2.17. The second kappa shape index (κ2) is 7.38. The summed E-state index contributed by atoms with van der Waals surface area (Å²) in [6.07, 6.45) is 1.73. The Labute approximate surface area is 169 Å². The van der Waals surface area contributed by atoms with Crippen molar-refractivity contribution >= 4 is 50.7 Å². The molecule has 2 aromatic carbocycles. The Morgan fingerprint density at radius 3 is 2.78 bits per heavy atom. The van der Waals surface area contributed by atoms with Gasteiger partial charge in [0.15, 0.2) is 16.3 Å². The van der Waals surface area contributed by atoms with Crippen molar-refractivity contribution in [3.63, 3.8) is 0 Å². The van der Waals surface area contributed by atoms with Gasteiger partial charge in [-0.2, -0.15) is 4.99 Å². The van der Waals surface area contributed by atoms with E-state index in [0.717, 1.165) is 10.2 Å². The molecule has 0 spiro atoms. The van der Waals surface area contributed by atoms with E-state index in [0.29, 0.717) is 51.7 Å². The van der Waals surface area contributed by atoms with E-state index in [4.69, 9.17) is 32.7 Å². The van der Waals surface area contributed by atoms with Crippen LogP contribution >= 0.6 is 34.5 Å². The number of hydrogen-bond donors (Lipinski definition) is 0. The summed E-state index contributed by atoms with van der Waals surface area (Å²) in [6.45, 7) is 5.19. The van der Waals surface area contributed by atoms with Crippen molar-refractivity contribution in [1.29, 1.82) is 0 Å². The van der Waals surface area contributed by atoms with Gasteiger partial charge in [0.05, 0.1) is 15.2 Å². The number of ether oxygens (including phenoxy) is 2. The van der Waals surface area contributed by atoms with Gasteiger partial charge in [-0.3, -0.25) is 4.79 Å². The highest BCUT2D eigenvalue weighted by molar-refractivity contribution is 7.16. The number of aromatic nitrogens is 1. The highest BCUT2D eigenvalue weighted by atomic mass is 35.5. The van der Waals surface area contributed by atoms with Gasteiger partial charge in [0.25, 0.3) is 5.91 Å². The van der Waals surface area contributed by atoms with Crippen LogP contribution in [0, 0.1) is 0 Å². The molecule has 138 valence electrons. The number of rotatable bonds is 3. The number of carbonyl (C=O) groups is 1. The molecule has 1 aliphatic rings. The molecule has 1 amide bonds. The molecular weight excluding hydrogens is 407 g/mol. The summed E-state index contributed by atoms with van der Waals surface area (Å²) in [5, 5.41) is 1.04. The van der Waals surface area contributed by atoms with Crippen molar-refractivity contribution in [3.8, 4) is 11.5 Å². The van der Waals surface area contributed by atoms with Gasteiger partial charge in [-0.15, -0.1) is 6.58 Å². The van der Waals surface area contributed by atoms with E-state index in [1.165, 1.54) is 11.3 Å². The highest BCUT2D eigenvalue weighted by Gasteiger charge is 2.16. The average molecular weight is 421 g/mol. The maximum absolute atomic E-state index is 12.7. The number of benzene rings is 2. The zero-order valence-electron chi connectivity index (χ0n) is 14.1. The first-order valence-corrected chi connectivity index (χ1v) is 9.72. The summed E-state index contributed by atoms with van der Waals surface area (Å²) in [6, 6.07) is 8.52. The third kappa shape index (κ3) is 3.48. The lowest BCUT2D eigenvalue weighted by atomic mass is 10.2. The molecule has 1 aliphatic heterocycles. The zero-order valence-corrected chi connectivity index (χ0v) is 16.4. The van der Waals surface area contributed by atoms with Crippen LogP contribution in [-0.4, -0.2) is 23.7 Å². The molecule has 0 atom stereocenters. The molecule has 27 heavy (non-hydrogen) atoms. The van der Waals surface area contributed by atoms with Gasteiger partial charge in [0.2, 0.25) is 0 Å². The van der Waals surface area contributed by atoms with Crippen LogP contribution in [0.1, 0.15) is 10.4 Å². The zero-order chi connectivity index (χ0) is 19.0. The first-order valence-electron chi connectivity index (χ1n) is 8.15. The molecule has 3 aromatic rings. The molecule has 0 fully saturated rings. The first kappa shape index (κ1) is 18.1. The fraction of sp³-hybridized carbons (Fsp3) is 0.158. The molecule has 0 unspecified atom stereocenters. The van der Waals surface area contributed by atoms with Gasteiger partial charge in [0, 0.05) is 17.1 Å². The van der Waals surface area contributed by atoms with Gasteiger partial charge < -0.3 is 14.0 Å². The Morgan fingerprint density at radius 2 is 2.00 bits per heavy atom. The summed E-state index contributed by atoms with van der Waals surface area (Å²) in [5.74, 6) is 0.800. The van der Waals surface area contributed by atoms with Gasteiger partial charge in [-0.25, -0.2) is 0 Å². The molecule has 1 aromatic heterocycles. The topological polar surface area (TPSA) is 52.8 Å². The van der Waals surface area contributed by atoms with Crippen LogP contribution in [0.5, 0.6) is 11.5 Å². The van der Waals surface area contributed by atoms with E-state index in [1.54, 1.807) is 36.4 Å². The molecule has 0 radical (unpaired) electrons. The molecule has 8 heteroatoms. The van der Waals surface area contributed by atoms with Gasteiger partial charge in [-0.1, -0.05) is 40.6 Å². The lowest BCUT2D eigenvalue weighted by Gasteiger charge is -2.18. The van der Waals surface area contributed by atoms with Crippen molar-refractivity contribution in [2.45, 2.75) is 6.54 Å². The van der Waals surface area contributed by atoms with E-state index in [9.17, 15) is 4.79 Å². The van der Waals surface area contributed by atoms with Crippen LogP contribution in [-0.2, 0) is 6.54 Å². The van der Waals surface area contributed by atoms with E-state index in [1.807, 2.05) is 4.57 Å². The van der Waals surface area contributed by atoms with Gasteiger partial charge >= 0.3 is 0 Å². The quantitative estimate of drug-likeness (QED) is 0.576. The number of hydrogen-bond acceptors (Lipinski definition) is 4. The summed E-state index contributed by atoms with van der Waals surface area (Å²) in [7, 11) is 0. The summed E-state index contributed by atoms with van der Waals surface area (Å²) in [5.41, 5.74) is 1.20. The number of fused-ring (bicyclic) bond motifs is 2. The fourth-order valence-corrected chi connectivity index (χ4v) is 4.66. The SMILES string of the molecule is C=CCn1c(=NC(=O)c2ccc3c(c2)OCCO3)sc2cc(Cl)cc(Cl)c21. The third-order valence-electron chi connectivity index (χ3n) is 3.99. The van der Waals surface area contributed by atoms with Crippen LogP contribution < -0.4 is 14.3 Å². The number of allylic oxidation sites excluding steroid dienone is 1. The highest BCUT2D eigenvalue weighted by Crippen LogP contribution is 2.32. The molecule has 2 heterocycles. The molecule has 0 N–H and O–H groups in total. The predicted octanol–water partition coefficient (Wildman–Crippen LogP) is 4.71. The van der Waals surface area contributed by atoms with Crippen LogP contribution in [0.15, 0.2) is 48.0 Å². The van der Waals surface area contributed by atoms with E-state index < -0.39 is 0 Å². The van der Waals surface area contributed by atoms with E-state index >= 15 is 0 Å². The number of halogens is 2. The van der Waals surface area contributed by atoms with Crippen LogP contribution in [0.2, 0.25) is 10.0 Å². The molecule has 0 saturated carbocycles. The number of carbonyl (C=O) groups excluding carboxylic acids is 1. The number of amides is 1. The Morgan fingerprint density at radius 1 is 1.22 bits per heavy atom. The number of nitrogens with zero attached hydrogens (tertiary/aromatic N) is 2. The minimum absolute atomic E-state index is 0.376. The summed E-state index contributed by atoms with van der Waals surface area (Å²) in [4.78, 5) is 17.6. The van der Waals surface area contributed by atoms with Crippen molar-refractivity contribution in [2.24, 2.45) is 4.99 Å². The lowest BCUT2D eigenvalue weighted by molar-refractivity contribution is 0.0996.